The van der Waals surface area contributed by atoms with Crippen molar-refractivity contribution in [3.05, 3.63) is 29.8 Å². The lowest BCUT2D eigenvalue weighted by Crippen LogP contribution is -2.47. The highest BCUT2D eigenvalue weighted by Gasteiger charge is 2.32. The summed E-state index contributed by atoms with van der Waals surface area (Å²) in [7, 11) is -1.67. The molecule has 2 atom stereocenters. The van der Waals surface area contributed by atoms with E-state index in [1.165, 1.54) is 12.1 Å². The molecule has 0 aromatic heterocycles. The maximum atomic E-state index is 13.0. The summed E-state index contributed by atoms with van der Waals surface area (Å²) < 4.78 is 53.8. The summed E-state index contributed by atoms with van der Waals surface area (Å²) in [6, 6.07) is 4.06. The van der Waals surface area contributed by atoms with Crippen LogP contribution in [0.25, 0.3) is 0 Å². The Kier molecular flexibility index (Phi) is 11.7. The van der Waals surface area contributed by atoms with Crippen LogP contribution < -0.4 is 10.0 Å². The monoisotopic (exact) mass is 602 g/mol. The molecule has 1 unspecified atom stereocenters. The number of carbonyl (C=O) groups is 3. The Morgan fingerprint density at radius 2 is 1.73 bits per heavy atom. The van der Waals surface area contributed by atoms with Crippen LogP contribution in [-0.2, 0) is 31.5 Å². The zero-order valence-electron chi connectivity index (χ0n) is 23.6. The molecule has 2 aliphatic rings. The van der Waals surface area contributed by atoms with Gasteiger partial charge in [-0.15, -0.1) is 0 Å². The predicted molar refractivity (Wildman–Crippen MR) is 147 cm³/mol. The molecule has 1 aliphatic heterocycles. The van der Waals surface area contributed by atoms with E-state index < -0.39 is 34.1 Å². The summed E-state index contributed by atoms with van der Waals surface area (Å²) in [5.41, 5.74) is -1.33. The SMILES string of the molecule is CC(C)(CNC(=O)[C@H](CC1CCCC1)CN(O)C=O)CC(=O)N1CCC(NS(=O)c2ccc(C(F)(F)F)cc2)CC1. The Morgan fingerprint density at radius 1 is 1.12 bits per heavy atom. The first-order valence-electron chi connectivity index (χ1n) is 14.1. The third-order valence-electron chi connectivity index (χ3n) is 7.88. The fraction of sp³-hybridized carbons (Fsp3) is 0.679. The van der Waals surface area contributed by atoms with Gasteiger partial charge in [0.15, 0.2) is 0 Å². The third-order valence-corrected chi connectivity index (χ3v) is 9.13. The van der Waals surface area contributed by atoms with Crippen LogP contribution in [0.3, 0.4) is 0 Å². The number of nitrogens with zero attached hydrogens (tertiary/aromatic N) is 2. The van der Waals surface area contributed by atoms with Crippen molar-refractivity contribution in [1.82, 2.24) is 20.0 Å². The second-order valence-electron chi connectivity index (χ2n) is 11.9. The standard InChI is InChI=1S/C28H41F3N4O5S/c1-27(2,18-32-26(38)21(17-35(39)19-36)15-20-5-3-4-6-20)16-25(37)34-13-11-23(12-14-34)33-41(40)24-9-7-22(8-10-24)28(29,30)31/h7-10,19-21,23,33,39H,3-6,11-18H2,1-2H3,(H,32,38)/t21-,41?/m1/s1. The van der Waals surface area contributed by atoms with E-state index >= 15 is 0 Å². The summed E-state index contributed by atoms with van der Waals surface area (Å²) in [5.74, 6) is -0.438. The molecule has 230 valence electrons. The molecule has 13 heteroatoms. The molecule has 3 rings (SSSR count). The number of benzene rings is 1. The van der Waals surface area contributed by atoms with Gasteiger partial charge in [0.05, 0.1) is 22.9 Å². The number of piperidine rings is 1. The second kappa shape index (κ2) is 14.6. The molecular weight excluding hydrogens is 561 g/mol. The van der Waals surface area contributed by atoms with Gasteiger partial charge in [-0.25, -0.2) is 14.0 Å². The van der Waals surface area contributed by atoms with E-state index in [1.807, 2.05) is 13.8 Å². The number of likely N-dealkylation sites (tertiary alicyclic amines) is 1. The average molecular weight is 603 g/mol. The number of hydroxylamine groups is 2. The van der Waals surface area contributed by atoms with E-state index in [1.54, 1.807) is 4.90 Å². The first-order valence-corrected chi connectivity index (χ1v) is 15.2. The fourth-order valence-corrected chi connectivity index (χ4v) is 6.53. The molecule has 1 heterocycles. The van der Waals surface area contributed by atoms with Crippen LogP contribution in [0.15, 0.2) is 29.2 Å². The topological polar surface area (TPSA) is 119 Å². The van der Waals surface area contributed by atoms with Crippen molar-refractivity contribution in [2.45, 2.75) is 82.3 Å². The molecule has 0 spiro atoms. The van der Waals surface area contributed by atoms with Crippen molar-refractivity contribution in [1.29, 1.82) is 0 Å². The lowest BCUT2D eigenvalue weighted by atomic mass is 9.87. The Balaban J connectivity index is 1.44. The molecule has 3 N–H and O–H groups in total. The van der Waals surface area contributed by atoms with Crippen LogP contribution in [0.1, 0.15) is 70.8 Å². The lowest BCUT2D eigenvalue weighted by Gasteiger charge is -2.35. The van der Waals surface area contributed by atoms with Gasteiger partial charge >= 0.3 is 6.18 Å². The predicted octanol–water partition coefficient (Wildman–Crippen LogP) is 3.89. The summed E-state index contributed by atoms with van der Waals surface area (Å²) in [4.78, 5) is 38.9. The van der Waals surface area contributed by atoms with Gasteiger partial charge in [0, 0.05) is 32.1 Å². The highest BCUT2D eigenvalue weighted by molar-refractivity contribution is 7.83. The summed E-state index contributed by atoms with van der Waals surface area (Å²) >= 11 is 0. The Morgan fingerprint density at radius 3 is 2.29 bits per heavy atom. The molecule has 3 amide bonds. The molecule has 0 radical (unpaired) electrons. The van der Waals surface area contributed by atoms with E-state index in [0.29, 0.717) is 49.7 Å². The molecular formula is C28H41F3N4O5S. The lowest BCUT2D eigenvalue weighted by molar-refractivity contribution is -0.155. The van der Waals surface area contributed by atoms with Crippen LogP contribution in [0.2, 0.25) is 0 Å². The number of alkyl halides is 3. The van der Waals surface area contributed by atoms with Crippen LogP contribution in [-0.4, -0.2) is 69.8 Å². The van der Waals surface area contributed by atoms with E-state index in [0.717, 1.165) is 37.8 Å². The van der Waals surface area contributed by atoms with Gasteiger partial charge in [-0.2, -0.15) is 13.2 Å². The van der Waals surface area contributed by atoms with Gasteiger partial charge in [0.25, 0.3) is 0 Å². The molecule has 1 aromatic carbocycles. The van der Waals surface area contributed by atoms with Crippen molar-refractivity contribution >= 4 is 29.2 Å². The third kappa shape index (κ3) is 10.4. The van der Waals surface area contributed by atoms with E-state index in [2.05, 4.69) is 10.0 Å². The van der Waals surface area contributed by atoms with E-state index in [9.17, 15) is 37.0 Å². The highest BCUT2D eigenvalue weighted by atomic mass is 32.2. The minimum atomic E-state index is -4.45. The van der Waals surface area contributed by atoms with Gasteiger partial charge in [0.2, 0.25) is 18.2 Å². The molecule has 41 heavy (non-hydrogen) atoms. The second-order valence-corrected chi connectivity index (χ2v) is 13.2. The smallest absolute Gasteiger partial charge is 0.355 e. The molecule has 1 saturated carbocycles. The quantitative estimate of drug-likeness (QED) is 0.180. The largest absolute Gasteiger partial charge is 0.416 e. The number of rotatable bonds is 13. The number of halogens is 3. The van der Waals surface area contributed by atoms with E-state index in [-0.39, 0.29) is 42.3 Å². The maximum Gasteiger partial charge on any atom is 0.416 e. The number of hydrogen-bond donors (Lipinski definition) is 3. The van der Waals surface area contributed by atoms with Gasteiger partial charge in [-0.05, 0) is 54.9 Å². The summed E-state index contributed by atoms with van der Waals surface area (Å²) in [5, 5.41) is 13.1. The van der Waals surface area contributed by atoms with Crippen molar-refractivity contribution < 1.29 is 37.0 Å². The van der Waals surface area contributed by atoms with Crippen molar-refractivity contribution in [2.24, 2.45) is 17.3 Å². The Labute approximate surface area is 241 Å². The summed E-state index contributed by atoms with van der Waals surface area (Å²) in [6.07, 6.45) is 2.05. The maximum absolute atomic E-state index is 13.0. The van der Waals surface area contributed by atoms with Crippen LogP contribution in [0, 0.1) is 17.3 Å². The van der Waals surface area contributed by atoms with Crippen LogP contribution >= 0.6 is 0 Å². The number of hydrogen-bond acceptors (Lipinski definition) is 5. The molecule has 1 saturated heterocycles. The normalized spacial score (nSPS) is 18.6. The zero-order valence-corrected chi connectivity index (χ0v) is 24.4. The molecule has 1 aromatic rings. The first-order chi connectivity index (χ1) is 19.3. The minimum absolute atomic E-state index is 0.0587. The fourth-order valence-electron chi connectivity index (χ4n) is 5.47. The number of amides is 3. The zero-order chi connectivity index (χ0) is 30.2. The first kappa shape index (κ1) is 33.0. The molecule has 0 bridgehead atoms. The molecule has 9 nitrogen and oxygen atoms in total. The molecule has 1 aliphatic carbocycles. The van der Waals surface area contributed by atoms with Crippen molar-refractivity contribution in [2.75, 3.05) is 26.2 Å². The number of nitrogens with one attached hydrogen (secondary N) is 2. The van der Waals surface area contributed by atoms with Crippen molar-refractivity contribution in [3.8, 4) is 0 Å². The van der Waals surface area contributed by atoms with Gasteiger partial charge in [-0.1, -0.05) is 39.5 Å². The van der Waals surface area contributed by atoms with Gasteiger partial charge in [0.1, 0.15) is 11.0 Å². The van der Waals surface area contributed by atoms with E-state index in [4.69, 9.17) is 0 Å². The highest BCUT2D eigenvalue weighted by Crippen LogP contribution is 2.31. The number of carbonyl (C=O) groups excluding carboxylic acids is 3. The average Bonchev–Trinajstić information content (AvgIpc) is 3.44. The van der Waals surface area contributed by atoms with Crippen molar-refractivity contribution in [3.63, 3.8) is 0 Å². The Bertz CT molecular complexity index is 1060. The van der Waals surface area contributed by atoms with Crippen LogP contribution in [0.4, 0.5) is 13.2 Å². The van der Waals surface area contributed by atoms with Crippen LogP contribution in [0.5, 0.6) is 0 Å². The summed E-state index contributed by atoms with van der Waals surface area (Å²) in [6.45, 7) is 4.87. The Hall–Kier alpha value is -2.51. The minimum Gasteiger partial charge on any atom is -0.355 e. The van der Waals surface area contributed by atoms with Gasteiger partial charge < -0.3 is 10.2 Å². The van der Waals surface area contributed by atoms with Gasteiger partial charge in [-0.3, -0.25) is 19.6 Å². The molecule has 2 fully saturated rings.